The molecule has 1 rings (SSSR count). The van der Waals surface area contributed by atoms with E-state index in [-0.39, 0.29) is 0 Å². The molecule has 0 saturated heterocycles. The highest BCUT2D eigenvalue weighted by atomic mass is 15.2. The minimum absolute atomic E-state index is 0.680. The van der Waals surface area contributed by atoms with E-state index in [1.54, 1.807) is 5.57 Å². The normalized spacial score (nSPS) is 21.4. The zero-order valence-corrected chi connectivity index (χ0v) is 12.3. The molecule has 0 aromatic rings. The average Bonchev–Trinajstić information content (AvgIpc) is 2.28. The van der Waals surface area contributed by atoms with E-state index >= 15 is 0 Å². The summed E-state index contributed by atoms with van der Waals surface area (Å²) < 4.78 is 0. The van der Waals surface area contributed by atoms with E-state index in [0.717, 1.165) is 31.5 Å². The van der Waals surface area contributed by atoms with Gasteiger partial charge in [0.1, 0.15) is 0 Å². The van der Waals surface area contributed by atoms with Gasteiger partial charge in [0.25, 0.3) is 0 Å². The van der Waals surface area contributed by atoms with Crippen LogP contribution in [0.5, 0.6) is 0 Å². The van der Waals surface area contributed by atoms with E-state index in [4.69, 9.17) is 0 Å². The van der Waals surface area contributed by atoms with Crippen LogP contribution < -0.4 is 5.32 Å². The summed E-state index contributed by atoms with van der Waals surface area (Å²) in [6.07, 6.45) is 3.63. The first-order valence-electron chi connectivity index (χ1n) is 7.11. The van der Waals surface area contributed by atoms with E-state index in [2.05, 4.69) is 50.9 Å². The summed E-state index contributed by atoms with van der Waals surface area (Å²) in [5.74, 6) is 1.47. The molecule has 100 valence electrons. The third-order valence-corrected chi connectivity index (χ3v) is 3.89. The maximum absolute atomic E-state index is 3.57. The summed E-state index contributed by atoms with van der Waals surface area (Å²) in [4.78, 5) is 2.61. The molecular formula is C15H30N2. The SMILES string of the molecule is CC1=CCN(C(C)C(C)CNCC(C)C)CC1. The van der Waals surface area contributed by atoms with E-state index < -0.39 is 0 Å². The first-order chi connectivity index (χ1) is 8.00. The van der Waals surface area contributed by atoms with Crippen molar-refractivity contribution in [2.45, 2.75) is 47.1 Å². The Labute approximate surface area is 107 Å². The number of hydrogen-bond donors (Lipinski definition) is 1. The van der Waals surface area contributed by atoms with Crippen molar-refractivity contribution in [3.8, 4) is 0 Å². The maximum atomic E-state index is 3.57. The lowest BCUT2D eigenvalue weighted by Gasteiger charge is -2.35. The highest BCUT2D eigenvalue weighted by molar-refractivity contribution is 5.04. The summed E-state index contributed by atoms with van der Waals surface area (Å²) in [5, 5.41) is 3.57. The first kappa shape index (κ1) is 14.7. The van der Waals surface area contributed by atoms with Gasteiger partial charge in [0.05, 0.1) is 0 Å². The molecule has 0 bridgehead atoms. The van der Waals surface area contributed by atoms with Crippen LogP contribution in [0.1, 0.15) is 41.0 Å². The van der Waals surface area contributed by atoms with Crippen molar-refractivity contribution >= 4 is 0 Å². The molecular weight excluding hydrogens is 208 g/mol. The van der Waals surface area contributed by atoms with Crippen molar-refractivity contribution in [1.29, 1.82) is 0 Å². The zero-order valence-electron chi connectivity index (χ0n) is 12.3. The Morgan fingerprint density at radius 3 is 2.47 bits per heavy atom. The molecule has 0 aromatic carbocycles. The highest BCUT2D eigenvalue weighted by Crippen LogP contribution is 2.16. The summed E-state index contributed by atoms with van der Waals surface area (Å²) in [5.41, 5.74) is 1.55. The van der Waals surface area contributed by atoms with Crippen molar-refractivity contribution in [2.75, 3.05) is 26.2 Å². The predicted octanol–water partition coefficient (Wildman–Crippen LogP) is 2.91. The second-order valence-electron chi connectivity index (χ2n) is 6.07. The largest absolute Gasteiger partial charge is 0.316 e. The fourth-order valence-corrected chi connectivity index (χ4v) is 2.29. The highest BCUT2D eigenvalue weighted by Gasteiger charge is 2.20. The summed E-state index contributed by atoms with van der Waals surface area (Å²) in [7, 11) is 0. The molecule has 0 spiro atoms. The van der Waals surface area contributed by atoms with Gasteiger partial charge in [-0.05, 0) is 45.2 Å². The third-order valence-electron chi connectivity index (χ3n) is 3.89. The van der Waals surface area contributed by atoms with Gasteiger partial charge in [0.2, 0.25) is 0 Å². The Hall–Kier alpha value is -0.340. The van der Waals surface area contributed by atoms with Crippen LogP contribution in [-0.4, -0.2) is 37.1 Å². The molecule has 17 heavy (non-hydrogen) atoms. The number of rotatable bonds is 6. The van der Waals surface area contributed by atoms with Crippen molar-refractivity contribution in [3.63, 3.8) is 0 Å². The fraction of sp³-hybridized carbons (Fsp3) is 0.867. The molecule has 2 atom stereocenters. The summed E-state index contributed by atoms with van der Waals surface area (Å²) >= 11 is 0. The van der Waals surface area contributed by atoms with Gasteiger partial charge in [-0.2, -0.15) is 0 Å². The molecule has 0 aromatic heterocycles. The minimum Gasteiger partial charge on any atom is -0.316 e. The lowest BCUT2D eigenvalue weighted by atomic mass is 9.99. The van der Waals surface area contributed by atoms with E-state index in [0.29, 0.717) is 6.04 Å². The van der Waals surface area contributed by atoms with Crippen LogP contribution in [0, 0.1) is 11.8 Å². The van der Waals surface area contributed by atoms with Gasteiger partial charge in [-0.15, -0.1) is 0 Å². The van der Waals surface area contributed by atoms with Crippen molar-refractivity contribution in [2.24, 2.45) is 11.8 Å². The molecule has 1 aliphatic heterocycles. The second-order valence-corrected chi connectivity index (χ2v) is 6.07. The van der Waals surface area contributed by atoms with Gasteiger partial charge in [-0.25, -0.2) is 0 Å². The molecule has 2 unspecified atom stereocenters. The fourth-order valence-electron chi connectivity index (χ4n) is 2.29. The Bertz CT molecular complexity index is 245. The smallest absolute Gasteiger partial charge is 0.0168 e. The lowest BCUT2D eigenvalue weighted by Crippen LogP contribution is -2.43. The molecule has 0 radical (unpaired) electrons. The van der Waals surface area contributed by atoms with Crippen molar-refractivity contribution < 1.29 is 0 Å². The summed E-state index contributed by atoms with van der Waals surface area (Å²) in [6.45, 7) is 16.2. The minimum atomic E-state index is 0.680. The standard InChI is InChI=1S/C15H30N2/c1-12(2)10-16-11-14(4)15(5)17-8-6-13(3)7-9-17/h6,12,14-16H,7-11H2,1-5H3. The van der Waals surface area contributed by atoms with Gasteiger partial charge in [-0.1, -0.05) is 32.4 Å². The molecule has 2 nitrogen and oxygen atoms in total. The number of hydrogen-bond acceptors (Lipinski definition) is 2. The van der Waals surface area contributed by atoms with Crippen LogP contribution in [0.3, 0.4) is 0 Å². The Morgan fingerprint density at radius 2 is 1.94 bits per heavy atom. The van der Waals surface area contributed by atoms with Crippen molar-refractivity contribution in [1.82, 2.24) is 10.2 Å². The average molecular weight is 238 g/mol. The van der Waals surface area contributed by atoms with Gasteiger partial charge in [-0.3, -0.25) is 4.90 Å². The Morgan fingerprint density at radius 1 is 1.24 bits per heavy atom. The molecule has 1 N–H and O–H groups in total. The second kappa shape index (κ2) is 7.17. The van der Waals surface area contributed by atoms with Gasteiger partial charge in [0, 0.05) is 19.1 Å². The van der Waals surface area contributed by atoms with Crippen LogP contribution in [0.25, 0.3) is 0 Å². The van der Waals surface area contributed by atoms with Crippen LogP contribution in [0.2, 0.25) is 0 Å². The third kappa shape index (κ3) is 5.22. The lowest BCUT2D eigenvalue weighted by molar-refractivity contribution is 0.170. The molecule has 1 heterocycles. The van der Waals surface area contributed by atoms with Crippen LogP contribution in [0.4, 0.5) is 0 Å². The summed E-state index contributed by atoms with van der Waals surface area (Å²) in [6, 6.07) is 0.680. The molecule has 0 saturated carbocycles. The van der Waals surface area contributed by atoms with E-state index in [1.807, 2.05) is 0 Å². The van der Waals surface area contributed by atoms with Gasteiger partial charge >= 0.3 is 0 Å². The van der Waals surface area contributed by atoms with E-state index in [1.165, 1.54) is 13.0 Å². The molecule has 1 aliphatic rings. The monoisotopic (exact) mass is 238 g/mol. The maximum Gasteiger partial charge on any atom is 0.0168 e. The van der Waals surface area contributed by atoms with Crippen LogP contribution >= 0.6 is 0 Å². The van der Waals surface area contributed by atoms with Crippen LogP contribution in [0.15, 0.2) is 11.6 Å². The topological polar surface area (TPSA) is 15.3 Å². The van der Waals surface area contributed by atoms with Gasteiger partial charge < -0.3 is 5.32 Å². The van der Waals surface area contributed by atoms with Crippen LogP contribution in [-0.2, 0) is 0 Å². The zero-order chi connectivity index (χ0) is 12.8. The Balaban J connectivity index is 2.28. The number of nitrogens with zero attached hydrogens (tertiary/aromatic N) is 1. The molecule has 0 aliphatic carbocycles. The molecule has 0 fully saturated rings. The quantitative estimate of drug-likeness (QED) is 0.716. The number of nitrogens with one attached hydrogen (secondary N) is 1. The predicted molar refractivity (Wildman–Crippen MR) is 76.3 cm³/mol. The molecule has 0 amide bonds. The van der Waals surface area contributed by atoms with Crippen molar-refractivity contribution in [3.05, 3.63) is 11.6 Å². The molecule has 2 heteroatoms. The van der Waals surface area contributed by atoms with Gasteiger partial charge in [0.15, 0.2) is 0 Å². The first-order valence-corrected chi connectivity index (χ1v) is 7.11. The Kier molecular flexibility index (Phi) is 6.21. The van der Waals surface area contributed by atoms with E-state index in [9.17, 15) is 0 Å².